The Kier molecular flexibility index (Phi) is 37.4. The van der Waals surface area contributed by atoms with Crippen molar-refractivity contribution < 1.29 is 81.5 Å². The zero-order chi connectivity index (χ0) is 92.2. The fourth-order valence-electron chi connectivity index (χ4n) is 15.2. The van der Waals surface area contributed by atoms with E-state index in [0.29, 0.717) is 39.1 Å². The molecule has 0 amide bonds. The second-order valence-corrected chi connectivity index (χ2v) is 46.6. The molecule has 0 aliphatic heterocycles. The first kappa shape index (κ1) is 101. The fraction of sp³-hybridized carbons (Fsp3) is 0.260. The van der Waals surface area contributed by atoms with Crippen molar-refractivity contribution in [3.8, 4) is 0 Å². The van der Waals surface area contributed by atoms with Crippen LogP contribution < -0.4 is 0 Å². The zero-order valence-corrected chi connectivity index (χ0v) is 86.6. The molecular formula is C96H85Br7O17S7. The van der Waals surface area contributed by atoms with Gasteiger partial charge in [-0.3, -0.25) is 47.9 Å². The summed E-state index contributed by atoms with van der Waals surface area (Å²) in [5.41, 5.74) is 6.78. The maximum Gasteiger partial charge on any atom is 0.342 e. The minimum absolute atomic E-state index is 0.0393. The van der Waals surface area contributed by atoms with Gasteiger partial charge in [-0.15, -0.1) is 79.4 Å². The topological polar surface area (TPSA) is 254 Å². The van der Waals surface area contributed by atoms with Gasteiger partial charge in [0.25, 0.3) is 0 Å². The Morgan fingerprint density at radius 3 is 1.27 bits per heavy atom. The van der Waals surface area contributed by atoms with E-state index in [1.807, 2.05) is 185 Å². The Bertz CT molecular complexity index is 5960. The van der Waals surface area contributed by atoms with Crippen molar-refractivity contribution in [1.82, 2.24) is 0 Å². The molecule has 4 aliphatic carbocycles. The van der Waals surface area contributed by atoms with E-state index in [-0.39, 0.29) is 90.4 Å². The van der Waals surface area contributed by atoms with Crippen molar-refractivity contribution in [2.75, 3.05) is 33.0 Å². The van der Waals surface area contributed by atoms with Crippen molar-refractivity contribution in [2.24, 2.45) is 22.2 Å². The number of halogens is 7. The maximum atomic E-state index is 12.9. The molecular weight excluding hydrogens is 2210 g/mol. The number of ether oxygens (including phenoxy) is 5. The smallest absolute Gasteiger partial charge is 0.342 e. The monoisotopic (exact) mass is 2290 g/mol. The van der Waals surface area contributed by atoms with Crippen LogP contribution in [0.3, 0.4) is 0 Å². The normalized spacial score (nSPS) is 18.8. The van der Waals surface area contributed by atoms with Crippen LogP contribution in [0, 0.1) is 22.2 Å². The molecule has 0 radical (unpaired) electrons. The van der Waals surface area contributed by atoms with Gasteiger partial charge in [-0.2, -0.15) is 0 Å². The minimum Gasteiger partial charge on any atom is -0.481 e. The van der Waals surface area contributed by atoms with Crippen LogP contribution in [0.15, 0.2) is 244 Å². The Balaban J connectivity index is 0.000000156. The lowest BCUT2D eigenvalue weighted by Crippen LogP contribution is -2.39. The van der Waals surface area contributed by atoms with Gasteiger partial charge < -0.3 is 28.8 Å². The molecule has 0 fully saturated rings. The summed E-state index contributed by atoms with van der Waals surface area (Å²) >= 11 is 34.0. The average molecular weight is 2290 g/mol. The van der Waals surface area contributed by atoms with Crippen LogP contribution in [0.1, 0.15) is 201 Å². The van der Waals surface area contributed by atoms with Gasteiger partial charge >= 0.3 is 35.8 Å². The minimum atomic E-state index is -1.20. The molecule has 1 N–H and O–H groups in total. The number of hydrogen-bond donors (Lipinski definition) is 1. The van der Waals surface area contributed by atoms with Crippen molar-refractivity contribution in [3.63, 3.8) is 0 Å². The standard InChI is InChI=1S/C17H15BrO3S.C17H17BrO2S.2C16H13BrO3S.C15H13BrO2S.C9H9BrO3S.C6H5BrOS/c1-3-21-16(20)17(2)13(10-7-5-4-6-8-10)11-9-12(18)22-14(11)15(17)19;1-3-20-16(19)17(2)10-13-12(9-14(18)21-13)15(17)11-7-5-4-6-8-11;1-2-20-16(19)13-12(9-6-4-3-5-7-9)10-8-11(17)21-15(10)14(13)18;1-2-20-16(19)12(10-11-6-4-3-5-7-11)15(18)13-8-9-14(17)21-13;1-15(14(17)18)8-11-10(7-12(16)19-11)13(15)9-5-3-2-4-6-9;1-2-13-9(12)5-6(11)7-3-4-8(10)14-7;1-4(8)5-2-3-6(7)9-5/h4-9,13H,3H2,1-2H3;4-9,15H,3,10H2,1-2H3;3-8,12-13H,2H2,1H3;3-10H,2H2,1H3;2-7,13H,8H2,1H3,(H,17,18);3-4H,2,5H2,1H3;2-3H,1H3/t13-,17?;15-,17+;;;13-,15+;;/m11..1../s1. The Labute approximate surface area is 823 Å². The molecule has 0 spiro atoms. The van der Waals surface area contributed by atoms with Crippen LogP contribution in [0.4, 0.5) is 0 Å². The van der Waals surface area contributed by atoms with Crippen LogP contribution in [-0.2, 0) is 65.3 Å². The van der Waals surface area contributed by atoms with Crippen LogP contribution in [0.2, 0.25) is 0 Å². The number of esters is 5. The summed E-state index contributed by atoms with van der Waals surface area (Å²) in [6, 6.07) is 67.5. The van der Waals surface area contributed by atoms with Gasteiger partial charge in [0.05, 0.1) is 94.8 Å². The summed E-state index contributed by atoms with van der Waals surface area (Å²) in [4.78, 5) is 138. The van der Waals surface area contributed by atoms with E-state index in [0.717, 1.165) is 76.7 Å². The molecule has 4 aliphatic rings. The van der Waals surface area contributed by atoms with Gasteiger partial charge in [0.2, 0.25) is 5.78 Å². The third-order valence-electron chi connectivity index (χ3n) is 20.8. The highest BCUT2D eigenvalue weighted by molar-refractivity contribution is 9.12. The van der Waals surface area contributed by atoms with E-state index in [2.05, 4.69) is 141 Å². The van der Waals surface area contributed by atoms with Gasteiger partial charge in [-0.05, 0) is 303 Å². The Morgan fingerprint density at radius 2 is 0.819 bits per heavy atom. The van der Waals surface area contributed by atoms with Gasteiger partial charge in [-0.1, -0.05) is 152 Å². The number of rotatable bonds is 21. The van der Waals surface area contributed by atoms with Gasteiger partial charge in [-0.25, -0.2) is 4.79 Å². The Morgan fingerprint density at radius 1 is 0.417 bits per heavy atom. The Hall–Kier alpha value is -7.73. The summed E-state index contributed by atoms with van der Waals surface area (Å²) in [7, 11) is 0. The number of aliphatic carboxylic acids is 1. The molecule has 0 saturated heterocycles. The van der Waals surface area contributed by atoms with Crippen molar-refractivity contribution in [3.05, 3.63) is 329 Å². The third kappa shape index (κ3) is 24.7. The summed E-state index contributed by atoms with van der Waals surface area (Å²) in [6.07, 6.45) is 2.74. The predicted molar refractivity (Wildman–Crippen MR) is 530 cm³/mol. The molecule has 17 nitrogen and oxygen atoms in total. The van der Waals surface area contributed by atoms with Crippen molar-refractivity contribution in [2.45, 2.75) is 105 Å². The van der Waals surface area contributed by atoms with E-state index < -0.39 is 52.0 Å². The lowest BCUT2D eigenvalue weighted by molar-refractivity contribution is -0.155. The van der Waals surface area contributed by atoms with E-state index in [9.17, 15) is 57.8 Å². The fourth-order valence-corrected chi connectivity index (χ4v) is 26.3. The number of carboxylic acids is 1. The molecule has 127 heavy (non-hydrogen) atoms. The predicted octanol–water partition coefficient (Wildman–Crippen LogP) is 27.2. The summed E-state index contributed by atoms with van der Waals surface area (Å²) < 4.78 is 32.1. The molecule has 5 aromatic carbocycles. The summed E-state index contributed by atoms with van der Waals surface area (Å²) in [6.45, 7) is 17.4. The number of hydrogen-bond acceptors (Lipinski definition) is 23. The molecule has 0 saturated carbocycles. The first-order valence-electron chi connectivity index (χ1n) is 39.8. The number of Topliss-reactive ketones (excluding diaryl/α,β-unsaturated/α-hetero) is 5. The molecule has 31 heteroatoms. The molecule has 7 heterocycles. The van der Waals surface area contributed by atoms with Crippen molar-refractivity contribution in [1.29, 1.82) is 0 Å². The lowest BCUT2D eigenvalue weighted by atomic mass is 9.73. The molecule has 12 aromatic rings. The number of thiophene rings is 7. The SMILES string of the molecule is CC(=O)c1ccc(Br)s1.CCOC(=O)C(=Cc1ccccc1)C(=O)c1ccc(Br)s1.CCOC(=O)C1(C)C(=O)c2sc(Br)cc2[C@H]1c1ccccc1.CCOC(=O)C1C(=O)c2sc(Br)cc2C1c1ccccc1.CCOC(=O)CC(=O)c1ccc(Br)s1.CCOC(=O)[C@@]1(C)Cc2sc(Br)cc2[C@H]1c1ccccc1.C[C@]1(C(=O)O)Cc2sc(Br)cc2[C@H]1c1ccccc1. The number of carbonyl (C=O) groups is 11. The van der Waals surface area contributed by atoms with E-state index >= 15 is 0 Å². The number of carboxylic acid groups (broad SMARTS) is 1. The van der Waals surface area contributed by atoms with Crippen LogP contribution in [0.25, 0.3) is 6.08 Å². The number of carbonyl (C=O) groups excluding carboxylic acids is 10. The molecule has 16 rings (SSSR count). The van der Waals surface area contributed by atoms with Crippen LogP contribution in [0.5, 0.6) is 0 Å². The van der Waals surface area contributed by atoms with Gasteiger partial charge in [0.1, 0.15) is 23.3 Å². The van der Waals surface area contributed by atoms with Crippen molar-refractivity contribution >= 4 is 262 Å². The second kappa shape index (κ2) is 46.9. The van der Waals surface area contributed by atoms with Gasteiger partial charge in [0.15, 0.2) is 23.1 Å². The van der Waals surface area contributed by atoms with E-state index in [4.69, 9.17) is 18.9 Å². The quantitative estimate of drug-likeness (QED) is 0.0175. The first-order chi connectivity index (χ1) is 60.6. The third-order valence-corrected chi connectivity index (χ3v) is 32.5. The van der Waals surface area contributed by atoms with Crippen LogP contribution in [-0.4, -0.2) is 103 Å². The number of ketones is 5. The summed E-state index contributed by atoms with van der Waals surface area (Å²) in [5, 5.41) is 9.66. The van der Waals surface area contributed by atoms with E-state index in [1.165, 1.54) is 77.6 Å². The second-order valence-electron chi connectivity index (χ2n) is 29.3. The largest absolute Gasteiger partial charge is 0.481 e. The highest BCUT2D eigenvalue weighted by atomic mass is 79.9. The molecule has 662 valence electrons. The number of benzene rings is 5. The maximum absolute atomic E-state index is 12.9. The average Bonchev–Trinajstić information content (AvgIpc) is 1.57. The lowest BCUT2D eigenvalue weighted by Gasteiger charge is -2.30. The zero-order valence-electron chi connectivity index (χ0n) is 69.8. The van der Waals surface area contributed by atoms with Crippen LogP contribution >= 0.6 is 191 Å². The first-order valence-corrected chi connectivity index (χ1v) is 51.0. The molecule has 3 unspecified atom stereocenters. The van der Waals surface area contributed by atoms with Gasteiger partial charge in [0, 0.05) is 33.4 Å². The highest BCUT2D eigenvalue weighted by Crippen LogP contribution is 2.58. The molecule has 7 aromatic heterocycles. The number of fused-ring (bicyclic) bond motifs is 4. The van der Waals surface area contributed by atoms with E-state index in [1.54, 1.807) is 94.6 Å². The molecule has 0 bridgehead atoms. The summed E-state index contributed by atoms with van der Waals surface area (Å²) in [5.74, 6) is -4.77. The molecule has 8 atom stereocenters. The highest BCUT2D eigenvalue weighted by Gasteiger charge is 2.58.